The highest BCUT2D eigenvalue weighted by Crippen LogP contribution is 2.37. The van der Waals surface area contributed by atoms with Crippen LogP contribution >= 0.6 is 0 Å². The van der Waals surface area contributed by atoms with Gasteiger partial charge in [0, 0.05) is 27.1 Å². The van der Waals surface area contributed by atoms with Crippen molar-refractivity contribution in [2.45, 2.75) is 6.92 Å². The third-order valence-corrected chi connectivity index (χ3v) is 4.01. The third kappa shape index (κ3) is 3.24. The van der Waals surface area contributed by atoms with Gasteiger partial charge in [-0.3, -0.25) is 0 Å². The number of rotatable bonds is 5. The minimum absolute atomic E-state index is 0.0502. The van der Waals surface area contributed by atoms with E-state index in [1.54, 1.807) is 55.5 Å². The number of phenols is 1. The van der Waals surface area contributed by atoms with Crippen LogP contribution in [0.3, 0.4) is 0 Å². The molecule has 0 saturated carbocycles. The molecule has 0 amide bonds. The minimum Gasteiger partial charge on any atom is -0.507 e. The van der Waals surface area contributed by atoms with E-state index >= 15 is 0 Å². The molecular weight excluding hydrogens is 332 g/mol. The first-order valence-electron chi connectivity index (χ1n) is 8.13. The highest BCUT2D eigenvalue weighted by molar-refractivity contribution is 6.19. The van der Waals surface area contributed by atoms with Crippen LogP contribution in [-0.4, -0.2) is 30.3 Å². The van der Waals surface area contributed by atoms with Crippen molar-refractivity contribution >= 4 is 33.5 Å². The number of benzene rings is 3. The van der Waals surface area contributed by atoms with E-state index in [4.69, 9.17) is 9.47 Å². The lowest BCUT2D eigenvalue weighted by Crippen LogP contribution is -2.14. The second-order valence-electron chi connectivity index (χ2n) is 5.87. The molecule has 3 rings (SSSR count). The SMILES string of the molecule is C=C(C)C(=O)OCCOC(=O)c1c2ccccc2c(O)c2ccccc12. The van der Waals surface area contributed by atoms with Gasteiger partial charge >= 0.3 is 11.9 Å². The Labute approximate surface area is 150 Å². The summed E-state index contributed by atoms with van der Waals surface area (Å²) in [7, 11) is 0. The summed E-state index contributed by atoms with van der Waals surface area (Å²) in [4.78, 5) is 24.1. The molecular formula is C21H18O5. The van der Waals surface area contributed by atoms with Crippen LogP contribution in [0.5, 0.6) is 5.75 Å². The fraction of sp³-hybridized carbons (Fsp3) is 0.143. The molecule has 1 N–H and O–H groups in total. The number of carbonyl (C=O) groups is 2. The molecule has 0 atom stereocenters. The maximum atomic E-state index is 12.7. The van der Waals surface area contributed by atoms with Crippen LogP contribution in [-0.2, 0) is 14.3 Å². The first kappa shape index (κ1) is 17.5. The van der Waals surface area contributed by atoms with Gasteiger partial charge in [-0.1, -0.05) is 55.1 Å². The normalized spacial score (nSPS) is 10.7. The Morgan fingerprint density at radius 1 is 0.885 bits per heavy atom. The molecule has 0 aliphatic heterocycles. The van der Waals surface area contributed by atoms with Gasteiger partial charge in [-0.05, 0) is 6.92 Å². The zero-order chi connectivity index (χ0) is 18.7. The topological polar surface area (TPSA) is 72.8 Å². The number of ether oxygens (including phenoxy) is 2. The van der Waals surface area contributed by atoms with Gasteiger partial charge in [0.15, 0.2) is 0 Å². The lowest BCUT2D eigenvalue weighted by atomic mass is 9.96. The Morgan fingerprint density at radius 2 is 1.35 bits per heavy atom. The highest BCUT2D eigenvalue weighted by atomic mass is 16.6. The van der Waals surface area contributed by atoms with Crippen LogP contribution in [0.2, 0.25) is 0 Å². The number of aromatic hydroxyl groups is 1. The number of hydrogen-bond acceptors (Lipinski definition) is 5. The molecule has 5 heteroatoms. The van der Waals surface area contributed by atoms with Gasteiger partial charge in [-0.2, -0.15) is 0 Å². The number of hydrogen-bond donors (Lipinski definition) is 1. The molecule has 0 heterocycles. The molecule has 0 aliphatic carbocycles. The number of phenolic OH excluding ortho intramolecular Hbond substituents is 1. The van der Waals surface area contributed by atoms with E-state index in [0.29, 0.717) is 27.1 Å². The fourth-order valence-corrected chi connectivity index (χ4v) is 2.79. The Bertz CT molecular complexity index is 963. The van der Waals surface area contributed by atoms with E-state index in [-0.39, 0.29) is 24.5 Å². The Hall–Kier alpha value is -3.34. The van der Waals surface area contributed by atoms with Crippen molar-refractivity contribution in [3.05, 3.63) is 66.2 Å². The molecule has 3 aromatic carbocycles. The van der Waals surface area contributed by atoms with E-state index < -0.39 is 11.9 Å². The Morgan fingerprint density at radius 3 is 1.85 bits per heavy atom. The van der Waals surface area contributed by atoms with Gasteiger partial charge in [0.1, 0.15) is 19.0 Å². The van der Waals surface area contributed by atoms with Crippen LogP contribution in [0.4, 0.5) is 0 Å². The monoisotopic (exact) mass is 350 g/mol. The van der Waals surface area contributed by atoms with Gasteiger partial charge in [0.25, 0.3) is 0 Å². The standard InChI is InChI=1S/C21H18O5/c1-13(2)20(23)25-11-12-26-21(24)18-14-7-3-5-9-16(14)19(22)17-10-6-4-8-15(17)18/h3-10,22H,1,11-12H2,2H3. The van der Waals surface area contributed by atoms with Gasteiger partial charge in [0.2, 0.25) is 0 Å². The second kappa shape index (κ2) is 7.27. The molecule has 132 valence electrons. The van der Waals surface area contributed by atoms with Crippen molar-refractivity contribution in [1.82, 2.24) is 0 Å². The van der Waals surface area contributed by atoms with E-state index in [9.17, 15) is 14.7 Å². The quantitative estimate of drug-likeness (QED) is 0.326. The largest absolute Gasteiger partial charge is 0.507 e. The van der Waals surface area contributed by atoms with Crippen molar-refractivity contribution in [1.29, 1.82) is 0 Å². The average Bonchev–Trinajstić information content (AvgIpc) is 2.65. The summed E-state index contributed by atoms with van der Waals surface area (Å²) >= 11 is 0. The molecule has 0 spiro atoms. The van der Waals surface area contributed by atoms with E-state index in [1.807, 2.05) is 0 Å². The zero-order valence-electron chi connectivity index (χ0n) is 14.3. The third-order valence-electron chi connectivity index (χ3n) is 4.01. The summed E-state index contributed by atoms with van der Waals surface area (Å²) in [5.41, 5.74) is 0.659. The van der Waals surface area contributed by atoms with Crippen molar-refractivity contribution in [3.63, 3.8) is 0 Å². The Balaban J connectivity index is 1.93. The van der Waals surface area contributed by atoms with Gasteiger partial charge < -0.3 is 14.6 Å². The van der Waals surface area contributed by atoms with E-state index in [2.05, 4.69) is 6.58 Å². The highest BCUT2D eigenvalue weighted by Gasteiger charge is 2.19. The van der Waals surface area contributed by atoms with Gasteiger partial charge in [-0.15, -0.1) is 0 Å². The van der Waals surface area contributed by atoms with Crippen LogP contribution in [0.1, 0.15) is 17.3 Å². The lowest BCUT2D eigenvalue weighted by Gasteiger charge is -2.13. The summed E-state index contributed by atoms with van der Waals surface area (Å²) in [6, 6.07) is 14.2. The van der Waals surface area contributed by atoms with Gasteiger partial charge in [-0.25, -0.2) is 9.59 Å². The summed E-state index contributed by atoms with van der Waals surface area (Å²) < 4.78 is 10.2. The second-order valence-corrected chi connectivity index (χ2v) is 5.87. The molecule has 0 aromatic heterocycles. The molecule has 0 aliphatic rings. The minimum atomic E-state index is -0.538. The average molecular weight is 350 g/mol. The Kier molecular flexibility index (Phi) is 4.89. The maximum Gasteiger partial charge on any atom is 0.339 e. The van der Waals surface area contributed by atoms with Crippen molar-refractivity contribution in [3.8, 4) is 5.75 Å². The van der Waals surface area contributed by atoms with Crippen LogP contribution in [0, 0.1) is 0 Å². The summed E-state index contributed by atoms with van der Waals surface area (Å²) in [6.45, 7) is 4.91. The van der Waals surface area contributed by atoms with Crippen LogP contribution < -0.4 is 0 Å². The van der Waals surface area contributed by atoms with Crippen molar-refractivity contribution in [2.24, 2.45) is 0 Å². The molecule has 0 saturated heterocycles. The molecule has 26 heavy (non-hydrogen) atoms. The van der Waals surface area contributed by atoms with Crippen molar-refractivity contribution in [2.75, 3.05) is 13.2 Å². The molecule has 0 radical (unpaired) electrons. The van der Waals surface area contributed by atoms with E-state index in [0.717, 1.165) is 0 Å². The smallest absolute Gasteiger partial charge is 0.339 e. The first-order valence-corrected chi connectivity index (χ1v) is 8.13. The summed E-state index contributed by atoms with van der Waals surface area (Å²) in [6.07, 6.45) is 0. The molecule has 5 nitrogen and oxygen atoms in total. The van der Waals surface area contributed by atoms with Crippen LogP contribution in [0.25, 0.3) is 21.5 Å². The van der Waals surface area contributed by atoms with Crippen molar-refractivity contribution < 1.29 is 24.2 Å². The maximum absolute atomic E-state index is 12.7. The number of esters is 2. The lowest BCUT2D eigenvalue weighted by molar-refractivity contribution is -0.140. The fourth-order valence-electron chi connectivity index (χ4n) is 2.79. The van der Waals surface area contributed by atoms with Gasteiger partial charge in [0.05, 0.1) is 5.56 Å². The molecule has 0 unspecified atom stereocenters. The predicted octanol–water partition coefficient (Wildman–Crippen LogP) is 3.97. The molecule has 0 fully saturated rings. The van der Waals surface area contributed by atoms with E-state index in [1.165, 1.54) is 0 Å². The summed E-state index contributed by atoms with van der Waals surface area (Å²) in [5, 5.41) is 12.9. The number of fused-ring (bicyclic) bond motifs is 2. The summed E-state index contributed by atoms with van der Waals surface area (Å²) in [5.74, 6) is -0.937. The zero-order valence-corrected chi connectivity index (χ0v) is 14.3. The molecule has 0 bridgehead atoms. The first-order chi connectivity index (χ1) is 12.5. The number of carbonyl (C=O) groups excluding carboxylic acids is 2. The predicted molar refractivity (Wildman–Crippen MR) is 99.2 cm³/mol. The molecule has 3 aromatic rings. The van der Waals surface area contributed by atoms with Crippen LogP contribution in [0.15, 0.2) is 60.7 Å².